The van der Waals surface area contributed by atoms with Crippen LogP contribution in [0.4, 0.5) is 4.39 Å². The number of carbonyl (C=O) groups excluding carboxylic acids is 1. The summed E-state index contributed by atoms with van der Waals surface area (Å²) < 4.78 is 26.2. The van der Waals surface area contributed by atoms with Crippen LogP contribution < -0.4 is 10.5 Å². The summed E-state index contributed by atoms with van der Waals surface area (Å²) in [4.78, 5) is 22.5. The molecule has 1 aromatic carbocycles. The Kier molecular flexibility index (Phi) is 5.67. The molecule has 1 aromatic heterocycles. The van der Waals surface area contributed by atoms with Gasteiger partial charge in [-0.3, -0.25) is 14.7 Å². The van der Waals surface area contributed by atoms with E-state index in [-0.39, 0.29) is 24.0 Å². The van der Waals surface area contributed by atoms with Gasteiger partial charge in [-0.05, 0) is 36.8 Å². The number of aromatic nitrogens is 1. The molecule has 8 heteroatoms. The minimum absolute atomic E-state index is 0.0432. The van der Waals surface area contributed by atoms with Gasteiger partial charge in [0.1, 0.15) is 22.9 Å². The predicted molar refractivity (Wildman–Crippen MR) is 110 cm³/mol. The van der Waals surface area contributed by atoms with Crippen LogP contribution >= 0.6 is 0 Å². The molecule has 0 radical (unpaired) electrons. The minimum atomic E-state index is -1.20. The topological polar surface area (TPSA) is 90.0 Å². The number of halogens is 1. The lowest BCUT2D eigenvalue weighted by Gasteiger charge is -2.45. The summed E-state index contributed by atoms with van der Waals surface area (Å²) in [6, 6.07) is 7.79. The van der Waals surface area contributed by atoms with Crippen LogP contribution in [0, 0.1) is 11.7 Å². The van der Waals surface area contributed by atoms with Crippen LogP contribution in [0.1, 0.15) is 31.2 Å². The largest absolute Gasteiger partial charge is 0.457 e. The van der Waals surface area contributed by atoms with Crippen LogP contribution in [0.25, 0.3) is 0 Å². The highest BCUT2D eigenvalue weighted by atomic mass is 19.1. The van der Waals surface area contributed by atoms with Crippen LogP contribution in [0.3, 0.4) is 0 Å². The molecule has 2 fully saturated rings. The van der Waals surface area contributed by atoms with Crippen molar-refractivity contribution in [2.45, 2.75) is 31.2 Å². The van der Waals surface area contributed by atoms with Gasteiger partial charge in [0.2, 0.25) is 5.91 Å². The first-order valence-electron chi connectivity index (χ1n) is 10.1. The number of guanidine groups is 1. The lowest BCUT2D eigenvalue weighted by Crippen LogP contribution is -2.58. The minimum Gasteiger partial charge on any atom is -0.457 e. The molecule has 2 N–H and O–H groups in total. The molecule has 2 unspecified atom stereocenters. The molecule has 7 nitrogen and oxygen atoms in total. The fourth-order valence-corrected chi connectivity index (χ4v) is 3.60. The third kappa shape index (κ3) is 4.00. The monoisotopic (exact) mass is 412 g/mol. The predicted octanol–water partition coefficient (Wildman–Crippen LogP) is 3.20. The number of aliphatic imine (C=N–C) groups is 1. The zero-order valence-electron chi connectivity index (χ0n) is 16.9. The van der Waals surface area contributed by atoms with Crippen LogP contribution in [0.2, 0.25) is 0 Å². The van der Waals surface area contributed by atoms with Gasteiger partial charge in [0.05, 0.1) is 12.5 Å². The third-order valence-corrected chi connectivity index (χ3v) is 5.38. The maximum Gasteiger partial charge on any atom is 0.235 e. The molecule has 158 valence electrons. The maximum atomic E-state index is 14.9. The van der Waals surface area contributed by atoms with E-state index in [2.05, 4.69) is 9.98 Å². The molecule has 2 atom stereocenters. The average Bonchev–Trinajstić information content (AvgIpc) is 3.64. The van der Waals surface area contributed by atoms with Gasteiger partial charge in [-0.2, -0.15) is 0 Å². The van der Waals surface area contributed by atoms with Gasteiger partial charge in [-0.15, -0.1) is 0 Å². The Morgan fingerprint density at radius 1 is 1.20 bits per heavy atom. The van der Waals surface area contributed by atoms with Gasteiger partial charge in [0, 0.05) is 31.6 Å². The van der Waals surface area contributed by atoms with E-state index in [1.54, 1.807) is 37.6 Å². The second kappa shape index (κ2) is 8.39. The van der Waals surface area contributed by atoms with Crippen LogP contribution in [0.5, 0.6) is 11.5 Å². The molecule has 1 saturated carbocycles. The van der Waals surface area contributed by atoms with Crippen molar-refractivity contribution in [1.82, 2.24) is 9.88 Å². The molecule has 0 spiro atoms. The van der Waals surface area contributed by atoms with Crippen molar-refractivity contribution in [3.05, 3.63) is 54.1 Å². The van der Waals surface area contributed by atoms with Gasteiger partial charge in [0.25, 0.3) is 0 Å². The number of amides is 1. The van der Waals surface area contributed by atoms with Gasteiger partial charge in [-0.1, -0.05) is 19.3 Å². The highest BCUT2D eigenvalue weighted by Gasteiger charge is 2.52. The molecule has 5 rings (SSSR count). The number of pyridine rings is 1. The Morgan fingerprint density at radius 3 is 2.63 bits per heavy atom. The summed E-state index contributed by atoms with van der Waals surface area (Å²) in [6.07, 6.45) is 8.14. The van der Waals surface area contributed by atoms with Crippen molar-refractivity contribution in [3.8, 4) is 11.5 Å². The number of nitrogens with two attached hydrogens (primary N) is 1. The van der Waals surface area contributed by atoms with E-state index in [1.807, 2.05) is 0 Å². The van der Waals surface area contributed by atoms with E-state index in [9.17, 15) is 9.18 Å². The van der Waals surface area contributed by atoms with Gasteiger partial charge in [0.15, 0.2) is 5.96 Å². The average molecular weight is 412 g/mol. The summed E-state index contributed by atoms with van der Waals surface area (Å²) in [6.45, 7) is 0.490. The lowest BCUT2D eigenvalue weighted by molar-refractivity contribution is -0.140. The van der Waals surface area contributed by atoms with E-state index in [0.29, 0.717) is 24.5 Å². The second-order valence-electron chi connectivity index (χ2n) is 7.67. The molecule has 3 heterocycles. The molecule has 1 aliphatic carbocycles. The van der Waals surface area contributed by atoms with Crippen molar-refractivity contribution in [3.63, 3.8) is 0 Å². The quantitative estimate of drug-likeness (QED) is 0.836. The SMILES string of the molecule is C1CC1.CN1C(=O)C2CCOCC2(c2cc(Oc3ccncc3)ccc2F)N=C1N. The van der Waals surface area contributed by atoms with E-state index < -0.39 is 17.3 Å². The standard InChI is InChI=1S/C19H19FN4O3.C3H6/c1-24-17(25)14-6-9-26-11-19(14,23-18(24)21)15-10-13(2-3-16(15)20)27-12-4-7-22-8-5-12;1-2-3-1/h2-5,7-8,10,14H,6,9,11H2,1H3,(H2,21,23);1-3H2. The number of ether oxygens (including phenoxy) is 2. The van der Waals surface area contributed by atoms with Crippen LogP contribution in [0.15, 0.2) is 47.7 Å². The smallest absolute Gasteiger partial charge is 0.235 e. The van der Waals surface area contributed by atoms with E-state index in [4.69, 9.17) is 15.2 Å². The Bertz CT molecular complexity index is 948. The van der Waals surface area contributed by atoms with E-state index >= 15 is 0 Å². The first-order valence-corrected chi connectivity index (χ1v) is 10.1. The van der Waals surface area contributed by atoms with Crippen molar-refractivity contribution >= 4 is 11.9 Å². The maximum absolute atomic E-state index is 14.9. The normalized spacial score (nSPS) is 24.9. The van der Waals surface area contributed by atoms with E-state index in [1.165, 1.54) is 36.3 Å². The van der Waals surface area contributed by atoms with Gasteiger partial charge in [-0.25, -0.2) is 9.38 Å². The fraction of sp³-hybridized carbons (Fsp3) is 0.409. The molecule has 30 heavy (non-hydrogen) atoms. The summed E-state index contributed by atoms with van der Waals surface area (Å²) in [5, 5.41) is 0. The zero-order valence-corrected chi connectivity index (χ0v) is 16.9. The van der Waals surface area contributed by atoms with Gasteiger partial charge < -0.3 is 15.2 Å². The Hall–Kier alpha value is -3.00. The first kappa shape index (κ1) is 20.3. The summed E-state index contributed by atoms with van der Waals surface area (Å²) in [7, 11) is 1.57. The van der Waals surface area contributed by atoms with E-state index in [0.717, 1.165) is 0 Å². The molecular formula is C22H25FN4O3. The number of hydrogen-bond acceptors (Lipinski definition) is 6. The number of benzene rings is 1. The van der Waals surface area contributed by atoms with Crippen LogP contribution in [-0.2, 0) is 15.1 Å². The van der Waals surface area contributed by atoms with Crippen molar-refractivity contribution < 1.29 is 18.7 Å². The number of nitrogens with zero attached hydrogens (tertiary/aromatic N) is 3. The van der Waals surface area contributed by atoms with Crippen LogP contribution in [-0.4, -0.2) is 42.0 Å². The summed E-state index contributed by atoms with van der Waals surface area (Å²) in [5.74, 6) is -0.182. The second-order valence-corrected chi connectivity index (χ2v) is 7.67. The highest BCUT2D eigenvalue weighted by Crippen LogP contribution is 2.44. The molecule has 1 amide bonds. The van der Waals surface area contributed by atoms with Crippen molar-refractivity contribution in [2.75, 3.05) is 20.3 Å². The number of carbonyl (C=O) groups is 1. The highest BCUT2D eigenvalue weighted by molar-refractivity contribution is 6.00. The molecule has 2 aliphatic heterocycles. The molecule has 3 aliphatic rings. The molecule has 0 bridgehead atoms. The summed E-state index contributed by atoms with van der Waals surface area (Å²) >= 11 is 0. The lowest BCUT2D eigenvalue weighted by atomic mass is 9.74. The van der Waals surface area contributed by atoms with Gasteiger partial charge >= 0.3 is 0 Å². The van der Waals surface area contributed by atoms with Crippen molar-refractivity contribution in [2.24, 2.45) is 16.6 Å². The first-order chi connectivity index (χ1) is 14.5. The van der Waals surface area contributed by atoms with Crippen molar-refractivity contribution in [1.29, 1.82) is 0 Å². The molecular weight excluding hydrogens is 387 g/mol. The molecule has 2 aromatic rings. The molecule has 1 saturated heterocycles. The Morgan fingerprint density at radius 2 is 1.93 bits per heavy atom. The fourth-order valence-electron chi connectivity index (χ4n) is 3.60. The number of hydrogen-bond donors (Lipinski definition) is 1. The third-order valence-electron chi connectivity index (χ3n) is 5.38. The Balaban J connectivity index is 0.000000667. The Labute approximate surface area is 174 Å². The zero-order chi connectivity index (χ0) is 21.1. The number of fused-ring (bicyclic) bond motifs is 1. The number of rotatable bonds is 3. The summed E-state index contributed by atoms with van der Waals surface area (Å²) in [5.41, 5.74) is 4.99.